The van der Waals surface area contributed by atoms with Gasteiger partial charge in [0.15, 0.2) is 0 Å². The number of rotatable bonds is 2. The molecule has 0 fully saturated rings. The first-order valence-corrected chi connectivity index (χ1v) is 4.75. The van der Waals surface area contributed by atoms with Crippen LogP contribution in [-0.2, 0) is 0 Å². The van der Waals surface area contributed by atoms with E-state index in [2.05, 4.69) is 0 Å². The van der Waals surface area contributed by atoms with Gasteiger partial charge in [-0.3, -0.25) is 0 Å². The Morgan fingerprint density at radius 1 is 0.938 bits per heavy atom. The van der Waals surface area contributed by atoms with Gasteiger partial charge in [-0.25, -0.2) is 4.39 Å². The molecule has 0 aliphatic heterocycles. The van der Waals surface area contributed by atoms with Crippen LogP contribution in [0, 0.1) is 5.82 Å². The Labute approximate surface area is 92.0 Å². The van der Waals surface area contributed by atoms with E-state index in [0.717, 1.165) is 0 Å². The summed E-state index contributed by atoms with van der Waals surface area (Å²) >= 11 is 0. The molecule has 0 amide bonds. The lowest BCUT2D eigenvalue weighted by Gasteiger charge is -2.10. The van der Waals surface area contributed by atoms with Gasteiger partial charge in [-0.2, -0.15) is 0 Å². The van der Waals surface area contributed by atoms with Crippen molar-refractivity contribution < 1.29 is 14.3 Å². The van der Waals surface area contributed by atoms with Gasteiger partial charge in [0.2, 0.25) is 0 Å². The van der Waals surface area contributed by atoms with Crippen LogP contribution in [0.3, 0.4) is 0 Å². The number of carboxylic acids is 1. The highest BCUT2D eigenvalue weighted by atomic mass is 19.1. The molecule has 0 radical (unpaired) electrons. The molecule has 0 spiro atoms. The number of carboxylic acid groups (broad SMARTS) is 1. The first-order valence-electron chi connectivity index (χ1n) is 4.75. The van der Waals surface area contributed by atoms with Gasteiger partial charge in [0.05, 0.1) is 5.97 Å². The maximum absolute atomic E-state index is 13.5. The molecule has 0 bridgehead atoms. The second-order valence-corrected chi connectivity index (χ2v) is 3.31. The Kier molecular flexibility index (Phi) is 2.68. The Balaban J connectivity index is 2.65. The molecule has 2 nitrogen and oxygen atoms in total. The summed E-state index contributed by atoms with van der Waals surface area (Å²) in [7, 11) is 0. The highest BCUT2D eigenvalue weighted by molar-refractivity contribution is 5.94. The van der Waals surface area contributed by atoms with E-state index in [4.69, 9.17) is 0 Å². The summed E-state index contributed by atoms with van der Waals surface area (Å²) in [6.45, 7) is 0. The molecule has 0 saturated carbocycles. The van der Waals surface area contributed by atoms with Crippen molar-refractivity contribution in [2.45, 2.75) is 0 Å². The van der Waals surface area contributed by atoms with Gasteiger partial charge in [0.1, 0.15) is 5.82 Å². The van der Waals surface area contributed by atoms with E-state index < -0.39 is 11.8 Å². The van der Waals surface area contributed by atoms with Gasteiger partial charge in [0.25, 0.3) is 0 Å². The third-order valence-corrected chi connectivity index (χ3v) is 2.31. The lowest BCUT2D eigenvalue weighted by molar-refractivity contribution is -0.254. The Bertz CT molecular complexity index is 535. The average molecular weight is 215 g/mol. The van der Waals surface area contributed by atoms with E-state index >= 15 is 0 Å². The van der Waals surface area contributed by atoms with Gasteiger partial charge in [-0.05, 0) is 11.6 Å². The zero-order valence-corrected chi connectivity index (χ0v) is 8.31. The number of benzene rings is 2. The molecule has 0 aromatic heterocycles. The monoisotopic (exact) mass is 215 g/mol. The van der Waals surface area contributed by atoms with E-state index in [1.165, 1.54) is 18.2 Å². The Hall–Kier alpha value is -2.16. The number of aromatic carboxylic acids is 1. The second-order valence-electron chi connectivity index (χ2n) is 3.31. The van der Waals surface area contributed by atoms with Gasteiger partial charge in [-0.1, -0.05) is 42.5 Å². The predicted molar refractivity (Wildman–Crippen MR) is 56.2 cm³/mol. The van der Waals surface area contributed by atoms with E-state index in [9.17, 15) is 14.3 Å². The summed E-state index contributed by atoms with van der Waals surface area (Å²) in [6, 6.07) is 12.2. The highest BCUT2D eigenvalue weighted by Gasteiger charge is 2.08. The van der Waals surface area contributed by atoms with E-state index in [1.54, 1.807) is 30.3 Å². The molecule has 0 N–H and O–H groups in total. The molecule has 2 rings (SSSR count). The maximum Gasteiger partial charge on any atom is 0.131 e. The number of carbonyl (C=O) groups excluding carboxylic acids is 1. The number of carbonyl (C=O) groups is 1. The van der Waals surface area contributed by atoms with Crippen molar-refractivity contribution in [3.8, 4) is 11.1 Å². The maximum atomic E-state index is 13.5. The van der Waals surface area contributed by atoms with Crippen molar-refractivity contribution >= 4 is 5.97 Å². The molecule has 0 aliphatic carbocycles. The quantitative estimate of drug-likeness (QED) is 0.767. The molecule has 16 heavy (non-hydrogen) atoms. The Morgan fingerprint density at radius 3 is 2.12 bits per heavy atom. The van der Waals surface area contributed by atoms with Crippen LogP contribution in [0.1, 0.15) is 10.4 Å². The summed E-state index contributed by atoms with van der Waals surface area (Å²) < 4.78 is 13.5. The molecule has 2 aromatic rings. The largest absolute Gasteiger partial charge is 0.545 e. The third kappa shape index (κ3) is 1.80. The summed E-state index contributed by atoms with van der Waals surface area (Å²) in [5.41, 5.74) is 0.593. The topological polar surface area (TPSA) is 40.1 Å². The minimum atomic E-state index is -1.31. The van der Waals surface area contributed by atoms with E-state index in [-0.39, 0.29) is 11.1 Å². The predicted octanol–water partition coefficient (Wildman–Crippen LogP) is 1.86. The standard InChI is InChI=1S/C13H9FO2/c14-12-8-4-3-6-10(12)9-5-1-2-7-11(9)13(15)16/h1-8H,(H,15,16)/p-1. The molecule has 0 unspecified atom stereocenters. The lowest BCUT2D eigenvalue weighted by atomic mass is 9.99. The van der Waals surface area contributed by atoms with Crippen LogP contribution in [0.15, 0.2) is 48.5 Å². The number of halogens is 1. The summed E-state index contributed by atoms with van der Waals surface area (Å²) in [6.07, 6.45) is 0. The van der Waals surface area contributed by atoms with Crippen molar-refractivity contribution in [3.05, 3.63) is 59.9 Å². The molecule has 0 aliphatic rings. The Morgan fingerprint density at radius 2 is 1.50 bits per heavy atom. The molecule has 0 atom stereocenters. The normalized spacial score (nSPS) is 10.1. The van der Waals surface area contributed by atoms with Crippen LogP contribution >= 0.6 is 0 Å². The summed E-state index contributed by atoms with van der Waals surface area (Å²) in [5.74, 6) is -1.75. The van der Waals surface area contributed by atoms with Crippen molar-refractivity contribution in [1.29, 1.82) is 0 Å². The smallest absolute Gasteiger partial charge is 0.131 e. The molecular weight excluding hydrogens is 207 g/mol. The first kappa shape index (κ1) is 10.4. The van der Waals surface area contributed by atoms with Gasteiger partial charge >= 0.3 is 0 Å². The van der Waals surface area contributed by atoms with Crippen molar-refractivity contribution in [2.75, 3.05) is 0 Å². The molecule has 80 valence electrons. The number of hydrogen-bond donors (Lipinski definition) is 0. The van der Waals surface area contributed by atoms with Crippen molar-refractivity contribution in [3.63, 3.8) is 0 Å². The zero-order chi connectivity index (χ0) is 11.5. The van der Waals surface area contributed by atoms with Gasteiger partial charge < -0.3 is 9.90 Å². The van der Waals surface area contributed by atoms with E-state index in [1.807, 2.05) is 0 Å². The van der Waals surface area contributed by atoms with Crippen LogP contribution in [0.4, 0.5) is 4.39 Å². The van der Waals surface area contributed by atoms with Crippen LogP contribution in [0.5, 0.6) is 0 Å². The van der Waals surface area contributed by atoms with E-state index in [0.29, 0.717) is 5.56 Å². The number of hydrogen-bond acceptors (Lipinski definition) is 2. The average Bonchev–Trinajstić information content (AvgIpc) is 2.29. The summed E-state index contributed by atoms with van der Waals surface area (Å²) in [5, 5.41) is 10.9. The van der Waals surface area contributed by atoms with Crippen LogP contribution < -0.4 is 5.11 Å². The second kappa shape index (κ2) is 4.14. The van der Waals surface area contributed by atoms with Crippen LogP contribution in [0.25, 0.3) is 11.1 Å². The minimum absolute atomic E-state index is 0.00685. The fourth-order valence-electron chi connectivity index (χ4n) is 1.58. The van der Waals surface area contributed by atoms with Gasteiger partial charge in [-0.15, -0.1) is 0 Å². The van der Waals surface area contributed by atoms with Gasteiger partial charge in [0, 0.05) is 11.1 Å². The molecular formula is C13H8FO2-. The first-order chi connectivity index (χ1) is 7.70. The van der Waals surface area contributed by atoms with Crippen molar-refractivity contribution in [2.24, 2.45) is 0 Å². The fraction of sp³-hybridized carbons (Fsp3) is 0. The summed E-state index contributed by atoms with van der Waals surface area (Å²) in [4.78, 5) is 10.9. The van der Waals surface area contributed by atoms with Crippen LogP contribution in [-0.4, -0.2) is 5.97 Å². The molecule has 3 heteroatoms. The van der Waals surface area contributed by atoms with Crippen molar-refractivity contribution in [1.82, 2.24) is 0 Å². The molecule has 0 saturated heterocycles. The highest BCUT2D eigenvalue weighted by Crippen LogP contribution is 2.25. The minimum Gasteiger partial charge on any atom is -0.545 e. The van der Waals surface area contributed by atoms with Crippen LogP contribution in [0.2, 0.25) is 0 Å². The SMILES string of the molecule is O=C([O-])c1ccccc1-c1ccccc1F. The zero-order valence-electron chi connectivity index (χ0n) is 8.31. The molecule has 0 heterocycles. The molecule has 2 aromatic carbocycles. The fourth-order valence-corrected chi connectivity index (χ4v) is 1.58. The third-order valence-electron chi connectivity index (χ3n) is 2.31. The lowest BCUT2D eigenvalue weighted by Crippen LogP contribution is -2.23.